The second-order valence-corrected chi connectivity index (χ2v) is 27.1. The largest absolute Gasteiger partial charge is 0.115 e. The second kappa shape index (κ2) is 45.0. The Morgan fingerprint density at radius 2 is 0.588 bits per heavy atom. The van der Waals surface area contributed by atoms with E-state index < -0.39 is 0 Å². The number of hydrogen-bond acceptors (Lipinski definition) is 0. The molecule has 85 heavy (non-hydrogen) atoms. The van der Waals surface area contributed by atoms with Crippen molar-refractivity contribution in [2.24, 2.45) is 17.8 Å². The highest BCUT2D eigenvalue weighted by atomic mass is 14.3. The van der Waals surface area contributed by atoms with Crippen LogP contribution in [0.5, 0.6) is 0 Å². The summed E-state index contributed by atoms with van der Waals surface area (Å²) in [7, 11) is 0. The number of aryl methyl sites for hydroxylation is 4. The lowest BCUT2D eigenvalue weighted by atomic mass is 9.77. The summed E-state index contributed by atoms with van der Waals surface area (Å²) in [4.78, 5) is 0. The van der Waals surface area contributed by atoms with Gasteiger partial charge in [-0.05, 0) is 213 Å². The smallest absolute Gasteiger partial charge is 0.0243 e. The maximum atomic E-state index is 5.39. The lowest BCUT2D eigenvalue weighted by Gasteiger charge is -2.29. The molecule has 0 aliphatic heterocycles. The van der Waals surface area contributed by atoms with Crippen molar-refractivity contribution in [1.82, 2.24) is 0 Å². The summed E-state index contributed by atoms with van der Waals surface area (Å²) < 4.78 is 0. The summed E-state index contributed by atoms with van der Waals surface area (Å²) in [6.07, 6.45) is 61.1. The predicted octanol–water partition coefficient (Wildman–Crippen LogP) is 26.9. The highest BCUT2D eigenvalue weighted by Crippen LogP contribution is 2.40. The van der Waals surface area contributed by atoms with Gasteiger partial charge in [-0.15, -0.1) is 6.42 Å². The third-order valence-electron chi connectivity index (χ3n) is 20.2. The van der Waals surface area contributed by atoms with Crippen LogP contribution in [0.1, 0.15) is 342 Å². The molecule has 0 N–H and O–H groups in total. The van der Waals surface area contributed by atoms with Crippen molar-refractivity contribution in [2.45, 2.75) is 323 Å². The second-order valence-electron chi connectivity index (χ2n) is 27.1. The van der Waals surface area contributed by atoms with E-state index >= 15 is 0 Å². The SMILES string of the molecule is C#Cc1ccc(-c2ccc(CCCCCCCC)cc2)cc1.CCCC1CCC(c2ccc(CC)cc2)CC1.CCCCCCCC1CCC(c2ccc(CCC)cc2)CC1.CCCCCCCC1CCC(c2ccc(CCCCC)cc2)CC1. The van der Waals surface area contributed by atoms with E-state index in [1.54, 1.807) is 16.7 Å². The van der Waals surface area contributed by atoms with Gasteiger partial charge in [-0.3, -0.25) is 0 Å². The average Bonchev–Trinajstić information content (AvgIpc) is 3.59. The number of unbranched alkanes of at least 4 members (excludes halogenated alkanes) is 15. The first-order chi connectivity index (χ1) is 41.8. The molecule has 0 amide bonds. The number of hydrogen-bond donors (Lipinski definition) is 0. The van der Waals surface area contributed by atoms with Crippen LogP contribution in [0, 0.1) is 30.1 Å². The van der Waals surface area contributed by atoms with E-state index in [2.05, 4.69) is 164 Å². The molecule has 0 unspecified atom stereocenters. The van der Waals surface area contributed by atoms with Crippen molar-refractivity contribution in [2.75, 3.05) is 0 Å². The first-order valence-electron chi connectivity index (χ1n) is 36.7. The van der Waals surface area contributed by atoms with Gasteiger partial charge in [0.15, 0.2) is 0 Å². The van der Waals surface area contributed by atoms with Gasteiger partial charge in [0.1, 0.15) is 0 Å². The van der Waals surface area contributed by atoms with E-state index in [0.29, 0.717) is 0 Å². The predicted molar refractivity (Wildman–Crippen MR) is 379 cm³/mol. The lowest BCUT2D eigenvalue weighted by Crippen LogP contribution is -2.13. The molecular weight excluding hydrogens is 1020 g/mol. The molecule has 8 rings (SSSR count). The van der Waals surface area contributed by atoms with Gasteiger partial charge in [0, 0.05) is 5.56 Å². The monoisotopic (exact) mass is 1150 g/mol. The van der Waals surface area contributed by atoms with Crippen LogP contribution in [0.3, 0.4) is 0 Å². The highest BCUT2D eigenvalue weighted by Gasteiger charge is 2.24. The highest BCUT2D eigenvalue weighted by molar-refractivity contribution is 5.64. The van der Waals surface area contributed by atoms with Gasteiger partial charge < -0.3 is 0 Å². The van der Waals surface area contributed by atoms with E-state index in [0.717, 1.165) is 47.5 Å². The minimum absolute atomic E-state index is 0.839. The fourth-order valence-electron chi connectivity index (χ4n) is 14.4. The molecule has 0 saturated heterocycles. The van der Waals surface area contributed by atoms with Crippen LogP contribution < -0.4 is 0 Å². The van der Waals surface area contributed by atoms with E-state index in [4.69, 9.17) is 6.42 Å². The summed E-state index contributed by atoms with van der Waals surface area (Å²) in [5, 5.41) is 0. The summed E-state index contributed by atoms with van der Waals surface area (Å²) >= 11 is 0. The Kier molecular flexibility index (Phi) is 37.8. The standard InChI is InChI=1S/C24H40.C22H26.C22H36.C17H26/c1-3-5-7-8-10-12-22-15-19-24(20-16-22)23-17-13-21(14-18-23)11-9-6-4-2;1-3-5-6-7-8-9-10-20-13-17-22(18-14-20)21-15-11-19(4-2)12-16-21;1-3-5-6-7-8-10-20-13-17-22(18-14-20)21-15-11-19(9-4-2)12-16-21;1-3-5-15-8-12-17(13-9-15)16-10-6-14(4-2)7-11-16/h13-14,17-18,22,24H,3-12,15-16,19-20H2,1-2H3;2,11-18H,3,5-10H2,1H3;11-12,15-16,20,22H,3-10,13-14,17-18H2,1-2H3;6-7,10-11,15,17H,3-5,8-9,12-13H2,1-2H3. The maximum absolute atomic E-state index is 5.39. The van der Waals surface area contributed by atoms with Gasteiger partial charge in [0.2, 0.25) is 0 Å². The fraction of sp³-hybridized carbons (Fsp3) is 0.624. The van der Waals surface area contributed by atoms with E-state index in [-0.39, 0.29) is 0 Å². The van der Waals surface area contributed by atoms with Crippen molar-refractivity contribution in [3.05, 3.63) is 166 Å². The number of rotatable bonds is 32. The average molecular weight is 1150 g/mol. The zero-order chi connectivity index (χ0) is 60.4. The Morgan fingerprint density at radius 1 is 0.282 bits per heavy atom. The van der Waals surface area contributed by atoms with Crippen molar-refractivity contribution >= 4 is 0 Å². The maximum Gasteiger partial charge on any atom is 0.0243 e. The zero-order valence-electron chi connectivity index (χ0n) is 56.4. The molecule has 0 spiro atoms. The number of terminal acetylenes is 1. The van der Waals surface area contributed by atoms with Gasteiger partial charge in [0.05, 0.1) is 0 Å². The Bertz CT molecular complexity index is 2370. The Morgan fingerprint density at radius 3 is 0.953 bits per heavy atom. The molecular formula is C85H128. The molecule has 0 aromatic heterocycles. The quantitative estimate of drug-likeness (QED) is 0.0297. The third-order valence-corrected chi connectivity index (χ3v) is 20.2. The Balaban J connectivity index is 0.000000208. The normalized spacial score (nSPS) is 19.3. The molecule has 0 heterocycles. The zero-order valence-corrected chi connectivity index (χ0v) is 56.4. The van der Waals surface area contributed by atoms with Crippen molar-refractivity contribution in [3.63, 3.8) is 0 Å². The molecule has 0 bridgehead atoms. The van der Waals surface area contributed by atoms with Crippen molar-refractivity contribution in [3.8, 4) is 23.5 Å². The van der Waals surface area contributed by atoms with Gasteiger partial charge in [-0.1, -0.05) is 305 Å². The molecule has 3 saturated carbocycles. The van der Waals surface area contributed by atoms with Crippen LogP contribution >= 0.6 is 0 Å². The molecule has 5 aromatic rings. The molecule has 0 heteroatoms. The van der Waals surface area contributed by atoms with Gasteiger partial charge in [-0.25, -0.2) is 0 Å². The van der Waals surface area contributed by atoms with E-state index in [1.165, 1.54) is 284 Å². The van der Waals surface area contributed by atoms with Crippen LogP contribution in [0.25, 0.3) is 11.1 Å². The molecule has 3 fully saturated rings. The van der Waals surface area contributed by atoms with Gasteiger partial charge in [0.25, 0.3) is 0 Å². The van der Waals surface area contributed by atoms with Crippen LogP contribution in [0.4, 0.5) is 0 Å². The lowest BCUT2D eigenvalue weighted by molar-refractivity contribution is 0.302. The first kappa shape index (κ1) is 71.4. The topological polar surface area (TPSA) is 0 Å². The van der Waals surface area contributed by atoms with Crippen LogP contribution in [-0.2, 0) is 25.7 Å². The minimum Gasteiger partial charge on any atom is -0.115 e. The summed E-state index contributed by atoms with van der Waals surface area (Å²) in [6, 6.07) is 45.7. The summed E-state index contributed by atoms with van der Waals surface area (Å²) in [6.45, 7) is 16.0. The molecule has 3 aliphatic rings. The Labute approximate surface area is 527 Å². The molecule has 0 nitrogen and oxygen atoms in total. The van der Waals surface area contributed by atoms with Crippen molar-refractivity contribution < 1.29 is 0 Å². The summed E-state index contributed by atoms with van der Waals surface area (Å²) in [5.74, 6) is 8.25. The minimum atomic E-state index is 0.839. The fourth-order valence-corrected chi connectivity index (χ4v) is 14.4. The van der Waals surface area contributed by atoms with E-state index in [9.17, 15) is 0 Å². The van der Waals surface area contributed by atoms with Gasteiger partial charge >= 0.3 is 0 Å². The van der Waals surface area contributed by atoms with Crippen LogP contribution in [-0.4, -0.2) is 0 Å². The molecule has 0 atom stereocenters. The Hall–Kier alpha value is -4.34. The third kappa shape index (κ3) is 29.0. The molecule has 3 aliphatic carbocycles. The van der Waals surface area contributed by atoms with Crippen LogP contribution in [0.2, 0.25) is 0 Å². The van der Waals surface area contributed by atoms with Crippen molar-refractivity contribution in [1.29, 1.82) is 0 Å². The molecule has 0 radical (unpaired) electrons. The number of benzene rings is 5. The molecule has 5 aromatic carbocycles. The first-order valence-corrected chi connectivity index (χ1v) is 36.7. The van der Waals surface area contributed by atoms with E-state index in [1.807, 2.05) is 12.1 Å². The van der Waals surface area contributed by atoms with Gasteiger partial charge in [-0.2, -0.15) is 0 Å². The van der Waals surface area contributed by atoms with Crippen LogP contribution in [0.15, 0.2) is 121 Å². The summed E-state index contributed by atoms with van der Waals surface area (Å²) in [5.41, 5.74) is 14.2. The molecule has 468 valence electrons.